The summed E-state index contributed by atoms with van der Waals surface area (Å²) in [5, 5.41) is 3.94. The highest BCUT2D eigenvalue weighted by molar-refractivity contribution is 5.95. The van der Waals surface area contributed by atoms with Gasteiger partial charge >= 0.3 is 0 Å². The monoisotopic (exact) mass is 190 g/mol. The normalized spacial score (nSPS) is 10.4. The third-order valence-electron chi connectivity index (χ3n) is 2.05. The molecule has 0 bridgehead atoms. The molecular formula is C10H10N2O2. The van der Waals surface area contributed by atoms with Gasteiger partial charge in [0.05, 0.1) is 12.5 Å². The van der Waals surface area contributed by atoms with E-state index in [1.165, 1.54) is 0 Å². The second kappa shape index (κ2) is 3.49. The first-order valence-corrected chi connectivity index (χ1v) is 4.29. The Hall–Kier alpha value is -1.84. The Morgan fingerprint density at radius 2 is 2.43 bits per heavy atom. The van der Waals surface area contributed by atoms with Crippen molar-refractivity contribution in [2.45, 2.75) is 6.42 Å². The molecule has 0 N–H and O–H groups in total. The van der Waals surface area contributed by atoms with E-state index in [0.29, 0.717) is 12.1 Å². The molecule has 0 amide bonds. The Bertz CT molecular complexity index is 429. The van der Waals surface area contributed by atoms with Gasteiger partial charge in [0.1, 0.15) is 5.69 Å². The molecule has 2 heterocycles. The van der Waals surface area contributed by atoms with Gasteiger partial charge < -0.3 is 4.42 Å². The Morgan fingerprint density at radius 1 is 1.57 bits per heavy atom. The van der Waals surface area contributed by atoms with Crippen molar-refractivity contribution in [3.8, 4) is 0 Å². The number of hydrogen-bond donors (Lipinski definition) is 0. The molecule has 4 heteroatoms. The number of rotatable bonds is 3. The van der Waals surface area contributed by atoms with E-state index in [9.17, 15) is 4.79 Å². The van der Waals surface area contributed by atoms with Crippen LogP contribution in [-0.4, -0.2) is 15.6 Å². The predicted molar refractivity (Wildman–Crippen MR) is 50.0 cm³/mol. The van der Waals surface area contributed by atoms with Gasteiger partial charge in [-0.3, -0.25) is 9.48 Å². The third-order valence-corrected chi connectivity index (χ3v) is 2.05. The van der Waals surface area contributed by atoms with E-state index in [4.69, 9.17) is 4.42 Å². The summed E-state index contributed by atoms with van der Waals surface area (Å²) in [6.45, 7) is 0. The first-order chi connectivity index (χ1) is 6.77. The van der Waals surface area contributed by atoms with Crippen LogP contribution in [-0.2, 0) is 13.5 Å². The van der Waals surface area contributed by atoms with Crippen LogP contribution in [0, 0.1) is 0 Å². The number of nitrogens with zero attached hydrogens (tertiary/aromatic N) is 2. The zero-order chi connectivity index (χ0) is 9.97. The quantitative estimate of drug-likeness (QED) is 0.688. The maximum atomic E-state index is 11.7. The van der Waals surface area contributed by atoms with E-state index in [-0.39, 0.29) is 5.78 Å². The smallest absolute Gasteiger partial charge is 0.185 e. The molecule has 0 radical (unpaired) electrons. The number of carbonyl (C=O) groups is 1. The van der Waals surface area contributed by atoms with Gasteiger partial charge in [0.15, 0.2) is 5.78 Å². The van der Waals surface area contributed by atoms with Crippen molar-refractivity contribution in [1.29, 1.82) is 0 Å². The van der Waals surface area contributed by atoms with E-state index in [1.807, 2.05) is 0 Å². The second-order valence-electron chi connectivity index (χ2n) is 3.07. The molecule has 0 saturated heterocycles. The second-order valence-corrected chi connectivity index (χ2v) is 3.07. The van der Waals surface area contributed by atoms with Gasteiger partial charge in [-0.15, -0.1) is 0 Å². The maximum Gasteiger partial charge on any atom is 0.185 e. The van der Waals surface area contributed by atoms with Crippen LogP contribution in [0.1, 0.15) is 16.1 Å². The van der Waals surface area contributed by atoms with Crippen LogP contribution in [0.4, 0.5) is 0 Å². The van der Waals surface area contributed by atoms with Crippen LogP contribution >= 0.6 is 0 Å². The Kier molecular flexibility index (Phi) is 2.18. The molecule has 0 aromatic carbocycles. The summed E-state index contributed by atoms with van der Waals surface area (Å²) in [7, 11) is 1.75. The molecular weight excluding hydrogens is 180 g/mol. The molecule has 0 saturated carbocycles. The highest BCUT2D eigenvalue weighted by Crippen LogP contribution is 2.06. The number of hydrogen-bond acceptors (Lipinski definition) is 3. The lowest BCUT2D eigenvalue weighted by Gasteiger charge is -1.98. The molecule has 0 atom stereocenters. The molecule has 0 aliphatic carbocycles. The molecule has 2 rings (SSSR count). The van der Waals surface area contributed by atoms with Crippen molar-refractivity contribution in [3.05, 3.63) is 42.1 Å². The first-order valence-electron chi connectivity index (χ1n) is 4.29. The number of furan rings is 1. The zero-order valence-corrected chi connectivity index (χ0v) is 7.80. The van der Waals surface area contributed by atoms with E-state index in [0.717, 1.165) is 5.56 Å². The van der Waals surface area contributed by atoms with E-state index in [2.05, 4.69) is 5.10 Å². The topological polar surface area (TPSA) is 48.0 Å². The number of aromatic nitrogens is 2. The molecule has 0 aliphatic heterocycles. The summed E-state index contributed by atoms with van der Waals surface area (Å²) >= 11 is 0. The molecule has 0 aliphatic rings. The highest BCUT2D eigenvalue weighted by atomic mass is 16.3. The van der Waals surface area contributed by atoms with E-state index >= 15 is 0 Å². The number of Topliss-reactive ketones (excluding diaryl/α,β-unsaturated/α-hetero) is 1. The van der Waals surface area contributed by atoms with Gasteiger partial charge in [-0.1, -0.05) is 0 Å². The minimum absolute atomic E-state index is 0.0476. The van der Waals surface area contributed by atoms with Gasteiger partial charge in [-0.25, -0.2) is 0 Å². The van der Waals surface area contributed by atoms with Gasteiger partial charge in [0.25, 0.3) is 0 Å². The lowest BCUT2D eigenvalue weighted by molar-refractivity contribution is 0.0984. The number of carbonyl (C=O) groups excluding carboxylic acids is 1. The summed E-state index contributed by atoms with van der Waals surface area (Å²) < 4.78 is 6.46. The fourth-order valence-corrected chi connectivity index (χ4v) is 1.32. The van der Waals surface area contributed by atoms with Crippen molar-refractivity contribution in [2.24, 2.45) is 7.05 Å². The lowest BCUT2D eigenvalue weighted by atomic mass is 10.1. The summed E-state index contributed by atoms with van der Waals surface area (Å²) in [6, 6.07) is 3.50. The summed E-state index contributed by atoms with van der Waals surface area (Å²) in [5.74, 6) is 0.0476. The van der Waals surface area contributed by atoms with Crippen molar-refractivity contribution >= 4 is 5.78 Å². The van der Waals surface area contributed by atoms with Gasteiger partial charge in [0.2, 0.25) is 0 Å². The zero-order valence-electron chi connectivity index (χ0n) is 7.80. The molecule has 0 fully saturated rings. The average Bonchev–Trinajstić information content (AvgIpc) is 2.75. The Morgan fingerprint density at radius 3 is 3.00 bits per heavy atom. The van der Waals surface area contributed by atoms with Crippen LogP contribution < -0.4 is 0 Å². The van der Waals surface area contributed by atoms with Gasteiger partial charge in [0, 0.05) is 19.7 Å². The fourth-order valence-electron chi connectivity index (χ4n) is 1.32. The molecule has 14 heavy (non-hydrogen) atoms. The van der Waals surface area contributed by atoms with Crippen LogP contribution in [0.15, 0.2) is 35.3 Å². The van der Waals surface area contributed by atoms with Crippen molar-refractivity contribution < 1.29 is 9.21 Å². The van der Waals surface area contributed by atoms with Crippen LogP contribution in [0.3, 0.4) is 0 Å². The Balaban J connectivity index is 2.14. The largest absolute Gasteiger partial charge is 0.472 e. The van der Waals surface area contributed by atoms with Crippen LogP contribution in [0.25, 0.3) is 0 Å². The standard InChI is InChI=1S/C10H10N2O2/c1-12-9(2-4-11-12)10(13)6-8-3-5-14-7-8/h2-5,7H,6H2,1H3. The minimum atomic E-state index is 0.0476. The Labute approximate surface area is 81.1 Å². The number of aryl methyl sites for hydroxylation is 1. The molecule has 2 aromatic rings. The summed E-state index contributed by atoms with van der Waals surface area (Å²) in [4.78, 5) is 11.7. The fraction of sp³-hybridized carbons (Fsp3) is 0.200. The average molecular weight is 190 g/mol. The van der Waals surface area contributed by atoms with Crippen LogP contribution in [0.5, 0.6) is 0 Å². The minimum Gasteiger partial charge on any atom is -0.472 e. The molecule has 0 unspecified atom stereocenters. The SMILES string of the molecule is Cn1nccc1C(=O)Cc1ccoc1. The maximum absolute atomic E-state index is 11.7. The molecule has 0 spiro atoms. The third kappa shape index (κ3) is 1.59. The predicted octanol–water partition coefficient (Wildman–Crippen LogP) is 1.44. The molecule has 4 nitrogen and oxygen atoms in total. The van der Waals surface area contributed by atoms with Gasteiger partial charge in [-0.05, 0) is 17.7 Å². The van der Waals surface area contributed by atoms with E-state index < -0.39 is 0 Å². The lowest BCUT2D eigenvalue weighted by Crippen LogP contribution is -2.09. The van der Waals surface area contributed by atoms with Crippen LogP contribution in [0.2, 0.25) is 0 Å². The van der Waals surface area contributed by atoms with Gasteiger partial charge in [-0.2, -0.15) is 5.10 Å². The summed E-state index contributed by atoms with van der Waals surface area (Å²) in [6.07, 6.45) is 5.11. The molecule has 2 aromatic heterocycles. The number of ketones is 1. The first kappa shape index (κ1) is 8.74. The molecule has 72 valence electrons. The van der Waals surface area contributed by atoms with Crippen molar-refractivity contribution in [2.75, 3.05) is 0 Å². The van der Waals surface area contributed by atoms with Crippen molar-refractivity contribution in [1.82, 2.24) is 9.78 Å². The van der Waals surface area contributed by atoms with E-state index in [1.54, 1.807) is 42.6 Å². The van der Waals surface area contributed by atoms with Crippen molar-refractivity contribution in [3.63, 3.8) is 0 Å². The highest BCUT2D eigenvalue weighted by Gasteiger charge is 2.10. The summed E-state index contributed by atoms with van der Waals surface area (Å²) in [5.41, 5.74) is 1.50.